The first-order chi connectivity index (χ1) is 37.2. The summed E-state index contributed by atoms with van der Waals surface area (Å²) in [5.41, 5.74) is 15.3. The van der Waals surface area contributed by atoms with Gasteiger partial charge in [-0.25, -0.2) is 0 Å². The van der Waals surface area contributed by atoms with Crippen molar-refractivity contribution in [2.45, 2.75) is 19.6 Å². The second kappa shape index (κ2) is 18.8. The monoisotopic (exact) mass is 991 g/mol. The smallest absolute Gasteiger partial charge is 0.0619 e. The highest BCUT2D eigenvalue weighted by Gasteiger charge is 2.36. The molecule has 3 heteroatoms. The van der Waals surface area contributed by atoms with Crippen molar-refractivity contribution in [3.63, 3.8) is 0 Å². The van der Waals surface area contributed by atoms with Gasteiger partial charge >= 0.3 is 0 Å². The van der Waals surface area contributed by atoms with Gasteiger partial charge < -0.3 is 4.57 Å². The van der Waals surface area contributed by atoms with Gasteiger partial charge in [-0.3, -0.25) is 0 Å². The Bertz CT molecular complexity index is 4210. The van der Waals surface area contributed by atoms with Crippen LogP contribution in [0, 0.1) is 0 Å². The van der Waals surface area contributed by atoms with E-state index in [9.17, 15) is 0 Å². The first-order valence-electron chi connectivity index (χ1n) is 25.6. The normalized spacial score (nSPS) is 11.9. The van der Waals surface area contributed by atoms with E-state index in [1.807, 2.05) is 11.3 Å². The predicted octanol–water partition coefficient (Wildman–Crippen LogP) is 20.8. The molecule has 12 aromatic carbocycles. The molecule has 0 N–H and O–H groups in total. The maximum absolute atomic E-state index is 2.56. The molecule has 0 atom stereocenters. The summed E-state index contributed by atoms with van der Waals surface area (Å²) in [6, 6.07) is 111. The molecule has 1 nitrogen and oxygen atoms in total. The number of hydrogen-bond acceptors (Lipinski definition) is 1. The summed E-state index contributed by atoms with van der Waals surface area (Å²) in [7, 11) is -2.27. The fraction of sp³-hybridized carbons (Fsp3) is 0. The quantitative estimate of drug-likeness (QED) is 0.129. The summed E-state index contributed by atoms with van der Waals surface area (Å²) < 4.78 is 5.19. The Kier molecular flexibility index (Phi) is 11.2. The summed E-state index contributed by atoms with van der Waals surface area (Å²) in [6.45, 7) is 0. The van der Waals surface area contributed by atoms with Crippen LogP contribution in [0.5, 0.6) is 0 Å². The van der Waals surface area contributed by atoms with Crippen LogP contribution in [0.25, 0.3) is 103 Å². The lowest BCUT2D eigenvalue weighted by molar-refractivity contribution is 1.16. The molecule has 354 valence electrons. The van der Waals surface area contributed by atoms with Crippen LogP contribution in [0.1, 0.15) is 0 Å². The third-order valence-electron chi connectivity index (χ3n) is 14.9. The highest BCUT2D eigenvalue weighted by molar-refractivity contribution is 8.34. The highest BCUT2D eigenvalue weighted by Crippen LogP contribution is 2.75. The number of para-hydroxylation sites is 1. The van der Waals surface area contributed by atoms with Crippen molar-refractivity contribution in [2.75, 3.05) is 0 Å². The van der Waals surface area contributed by atoms with E-state index in [4.69, 9.17) is 0 Å². The zero-order valence-electron chi connectivity index (χ0n) is 41.1. The van der Waals surface area contributed by atoms with E-state index in [1.54, 1.807) is 0 Å². The standard InChI is InChI=1S/C72H49NS2/c1-7-23-50(24-8-1)56-43-57(51-25-9-2-10-26-51)45-60(44-56)75(58-31-15-5-16-32-58,59-33-17-6-18-34-59)61-48-64(52-27-11-3-12-28-52)72(65(49-61)53-29-13-4-14-30-53)73-68-37-21-19-35-62(68)66-46-54(39-41-69(66)73)55-40-42-71-67(47-55)63-36-20-22-38-70(63)74-71/h1-49H. The second-order valence-electron chi connectivity index (χ2n) is 19.2. The molecular formula is C72H49NS2. The molecule has 0 unspecified atom stereocenters. The zero-order valence-corrected chi connectivity index (χ0v) is 42.7. The molecule has 0 saturated heterocycles. The van der Waals surface area contributed by atoms with Gasteiger partial charge in [0.1, 0.15) is 0 Å². The van der Waals surface area contributed by atoms with E-state index in [2.05, 4.69) is 302 Å². The zero-order chi connectivity index (χ0) is 49.7. The highest BCUT2D eigenvalue weighted by atomic mass is 32.3. The SMILES string of the molecule is c1ccc(-c2cc(-c3ccccc3)cc(S(c3ccccc3)(c3ccccc3)c3cc(-c4ccccc4)c(-n4c5ccccc5c5cc(-c6ccc7sc8ccccc8c7c6)ccc54)c(-c4ccccc4)c3)c2)cc1. The molecule has 2 aromatic heterocycles. The molecule has 2 heterocycles. The van der Waals surface area contributed by atoms with Gasteiger partial charge in [-0.05, 0) is 136 Å². The van der Waals surface area contributed by atoms with Gasteiger partial charge in [-0.1, -0.05) is 206 Å². The maximum atomic E-state index is 2.56. The van der Waals surface area contributed by atoms with Crippen molar-refractivity contribution in [3.8, 4) is 61.3 Å². The van der Waals surface area contributed by atoms with Gasteiger partial charge in [-0.15, -0.1) is 21.4 Å². The second-order valence-corrected chi connectivity index (χ2v) is 23.4. The summed E-state index contributed by atoms with van der Waals surface area (Å²) in [6.07, 6.45) is 0. The average molecular weight is 992 g/mol. The van der Waals surface area contributed by atoms with Gasteiger partial charge in [0.2, 0.25) is 0 Å². The molecule has 14 rings (SSSR count). The van der Waals surface area contributed by atoms with Crippen molar-refractivity contribution in [1.82, 2.24) is 4.57 Å². The molecule has 0 amide bonds. The summed E-state index contributed by atoms with van der Waals surface area (Å²) in [5, 5.41) is 5.06. The van der Waals surface area contributed by atoms with E-state index in [0.717, 1.165) is 22.3 Å². The van der Waals surface area contributed by atoms with Crippen LogP contribution >= 0.6 is 21.4 Å². The van der Waals surface area contributed by atoms with Gasteiger partial charge in [-0.2, -0.15) is 0 Å². The van der Waals surface area contributed by atoms with E-state index in [1.165, 1.54) is 101 Å². The van der Waals surface area contributed by atoms with Crippen LogP contribution in [-0.2, 0) is 0 Å². The number of thiophene rings is 1. The minimum absolute atomic E-state index is 1.15. The van der Waals surface area contributed by atoms with E-state index in [-0.39, 0.29) is 0 Å². The van der Waals surface area contributed by atoms with Crippen molar-refractivity contribution < 1.29 is 0 Å². The van der Waals surface area contributed by atoms with E-state index in [0.29, 0.717) is 0 Å². The largest absolute Gasteiger partial charge is 0.308 e. The number of aromatic nitrogens is 1. The molecule has 0 bridgehead atoms. The number of rotatable bonds is 10. The lowest BCUT2D eigenvalue weighted by atomic mass is 9.95. The van der Waals surface area contributed by atoms with Crippen molar-refractivity contribution in [1.29, 1.82) is 0 Å². The molecule has 0 radical (unpaired) electrons. The predicted molar refractivity (Wildman–Crippen MR) is 321 cm³/mol. The van der Waals surface area contributed by atoms with Crippen molar-refractivity contribution in [3.05, 3.63) is 297 Å². The molecule has 0 saturated carbocycles. The molecule has 0 fully saturated rings. The van der Waals surface area contributed by atoms with Crippen molar-refractivity contribution in [2.24, 2.45) is 0 Å². The molecule has 75 heavy (non-hydrogen) atoms. The molecule has 0 aliphatic rings. The van der Waals surface area contributed by atoms with Crippen LogP contribution in [0.2, 0.25) is 0 Å². The van der Waals surface area contributed by atoms with Crippen LogP contribution in [0.3, 0.4) is 0 Å². The van der Waals surface area contributed by atoms with Gasteiger partial charge in [0.15, 0.2) is 0 Å². The Labute approximate surface area is 443 Å². The van der Waals surface area contributed by atoms with Crippen LogP contribution < -0.4 is 0 Å². The van der Waals surface area contributed by atoms with Crippen molar-refractivity contribution >= 4 is 63.3 Å². The molecular weight excluding hydrogens is 943 g/mol. The van der Waals surface area contributed by atoms with Gasteiger partial charge in [0, 0.05) is 61.7 Å². The lowest BCUT2D eigenvalue weighted by Gasteiger charge is -2.43. The Morgan fingerprint density at radius 1 is 0.240 bits per heavy atom. The Balaban J connectivity index is 1.10. The summed E-state index contributed by atoms with van der Waals surface area (Å²) in [5.74, 6) is 0. The Morgan fingerprint density at radius 3 is 1.21 bits per heavy atom. The first-order valence-corrected chi connectivity index (χ1v) is 28.1. The number of nitrogens with zero attached hydrogens (tertiary/aromatic N) is 1. The third kappa shape index (κ3) is 7.71. The molecule has 14 aromatic rings. The minimum Gasteiger partial charge on any atom is -0.308 e. The van der Waals surface area contributed by atoms with Crippen LogP contribution in [0.4, 0.5) is 0 Å². The lowest BCUT2D eigenvalue weighted by Crippen LogP contribution is -2.08. The summed E-state index contributed by atoms with van der Waals surface area (Å²) >= 11 is 1.87. The number of hydrogen-bond donors (Lipinski definition) is 0. The van der Waals surface area contributed by atoms with E-state index < -0.39 is 10.0 Å². The Morgan fingerprint density at radius 2 is 0.653 bits per heavy atom. The first kappa shape index (κ1) is 44.7. The average Bonchev–Trinajstić information content (AvgIpc) is 4.05. The molecule has 0 aliphatic carbocycles. The fourth-order valence-electron chi connectivity index (χ4n) is 11.4. The number of benzene rings is 12. The van der Waals surface area contributed by atoms with Gasteiger partial charge in [0.05, 0.1) is 16.7 Å². The third-order valence-corrected chi connectivity index (χ3v) is 19.9. The molecule has 0 spiro atoms. The topological polar surface area (TPSA) is 4.93 Å². The van der Waals surface area contributed by atoms with E-state index >= 15 is 0 Å². The minimum atomic E-state index is -2.27. The maximum Gasteiger partial charge on any atom is 0.0619 e. The fourth-order valence-corrected chi connectivity index (χ4v) is 16.5. The van der Waals surface area contributed by atoms with Gasteiger partial charge in [0.25, 0.3) is 0 Å². The summed E-state index contributed by atoms with van der Waals surface area (Å²) in [4.78, 5) is 5.06. The molecule has 0 aliphatic heterocycles. The Hall–Kier alpha value is -8.99. The van der Waals surface area contributed by atoms with Crippen LogP contribution in [0.15, 0.2) is 317 Å². The van der Waals surface area contributed by atoms with Crippen LogP contribution in [-0.4, -0.2) is 4.57 Å². The number of fused-ring (bicyclic) bond motifs is 6.